The van der Waals surface area contributed by atoms with E-state index in [9.17, 15) is 4.79 Å². The summed E-state index contributed by atoms with van der Waals surface area (Å²) in [7, 11) is 0. The van der Waals surface area contributed by atoms with Crippen LogP contribution in [0.3, 0.4) is 0 Å². The molecule has 1 atom stereocenters. The number of carboxylic acids is 1. The first-order chi connectivity index (χ1) is 5.61. The van der Waals surface area contributed by atoms with Crippen LogP contribution in [0.2, 0.25) is 0 Å². The van der Waals surface area contributed by atoms with Crippen molar-refractivity contribution in [1.29, 1.82) is 0 Å². The minimum Gasteiger partial charge on any atom is -0.478 e. The van der Waals surface area contributed by atoms with E-state index in [-0.39, 0.29) is 0 Å². The van der Waals surface area contributed by atoms with Crippen molar-refractivity contribution in [3.05, 3.63) is 23.3 Å². The molecule has 1 N–H and O–H groups in total. The van der Waals surface area contributed by atoms with Gasteiger partial charge in [-0.1, -0.05) is 18.6 Å². The van der Waals surface area contributed by atoms with Gasteiger partial charge in [-0.25, -0.2) is 4.79 Å². The summed E-state index contributed by atoms with van der Waals surface area (Å²) >= 11 is 0. The summed E-state index contributed by atoms with van der Waals surface area (Å²) in [6.07, 6.45) is 5.57. The van der Waals surface area contributed by atoms with Crippen LogP contribution in [0.15, 0.2) is 23.3 Å². The molecule has 1 aliphatic rings. The minimum absolute atomic E-state index is 0.395. The molecule has 0 heterocycles. The van der Waals surface area contributed by atoms with Gasteiger partial charge in [0, 0.05) is 6.08 Å². The average molecular weight is 166 g/mol. The van der Waals surface area contributed by atoms with Crippen molar-refractivity contribution in [2.75, 3.05) is 0 Å². The molecule has 0 fully saturated rings. The van der Waals surface area contributed by atoms with Crippen LogP contribution in [0.1, 0.15) is 26.7 Å². The molecule has 1 aliphatic carbocycles. The Kier molecular flexibility index (Phi) is 2.69. The average Bonchev–Trinajstić information content (AvgIpc) is 1.97. The Morgan fingerprint density at radius 1 is 1.75 bits per heavy atom. The van der Waals surface area contributed by atoms with Crippen LogP contribution in [0.25, 0.3) is 0 Å². The van der Waals surface area contributed by atoms with Crippen LogP contribution in [0.5, 0.6) is 0 Å². The van der Waals surface area contributed by atoms with E-state index in [0.717, 1.165) is 24.0 Å². The molecule has 0 saturated carbocycles. The smallest absolute Gasteiger partial charge is 0.328 e. The van der Waals surface area contributed by atoms with Gasteiger partial charge in [0.05, 0.1) is 0 Å². The molecule has 2 heteroatoms. The predicted octanol–water partition coefficient (Wildman–Crippen LogP) is 2.37. The third-order valence-corrected chi connectivity index (χ3v) is 2.32. The second-order valence-corrected chi connectivity index (χ2v) is 3.30. The van der Waals surface area contributed by atoms with Gasteiger partial charge in [-0.3, -0.25) is 0 Å². The third kappa shape index (κ3) is 1.97. The van der Waals surface area contributed by atoms with E-state index in [0.29, 0.717) is 5.92 Å². The first-order valence-corrected chi connectivity index (χ1v) is 4.23. The highest BCUT2D eigenvalue weighted by Gasteiger charge is 2.15. The predicted molar refractivity (Wildman–Crippen MR) is 47.9 cm³/mol. The van der Waals surface area contributed by atoms with Gasteiger partial charge in [0.1, 0.15) is 0 Å². The van der Waals surface area contributed by atoms with Crippen LogP contribution in [-0.4, -0.2) is 11.1 Å². The standard InChI is InChI=1S/C10H14O2/c1-7-4-3-5-8(2)9(7)6-10(11)12/h4,6,8H,3,5H2,1-2H3,(H,11,12)/b9-6+. The first kappa shape index (κ1) is 9.04. The number of carboxylic acid groups (broad SMARTS) is 1. The molecule has 0 amide bonds. The molecule has 1 rings (SSSR count). The quantitative estimate of drug-likeness (QED) is 0.607. The number of allylic oxidation sites excluding steroid dienone is 3. The number of hydrogen-bond acceptors (Lipinski definition) is 1. The summed E-state index contributed by atoms with van der Waals surface area (Å²) in [5, 5.41) is 8.60. The SMILES string of the molecule is CC1=CCCC(C)/C1=C/C(=O)O. The van der Waals surface area contributed by atoms with Crippen molar-refractivity contribution in [3.8, 4) is 0 Å². The van der Waals surface area contributed by atoms with E-state index in [1.807, 2.05) is 6.92 Å². The molecular weight excluding hydrogens is 152 g/mol. The molecule has 0 radical (unpaired) electrons. The molecule has 0 aliphatic heterocycles. The Balaban J connectivity index is 2.91. The van der Waals surface area contributed by atoms with Gasteiger partial charge in [-0.05, 0) is 31.3 Å². The lowest BCUT2D eigenvalue weighted by Gasteiger charge is -2.20. The van der Waals surface area contributed by atoms with E-state index in [1.54, 1.807) is 0 Å². The van der Waals surface area contributed by atoms with E-state index < -0.39 is 5.97 Å². The van der Waals surface area contributed by atoms with Gasteiger partial charge in [-0.2, -0.15) is 0 Å². The molecule has 0 bridgehead atoms. The molecule has 2 nitrogen and oxygen atoms in total. The second-order valence-electron chi connectivity index (χ2n) is 3.30. The van der Waals surface area contributed by atoms with Crippen molar-refractivity contribution in [1.82, 2.24) is 0 Å². The monoisotopic (exact) mass is 166 g/mol. The van der Waals surface area contributed by atoms with Crippen molar-refractivity contribution in [2.45, 2.75) is 26.7 Å². The fraction of sp³-hybridized carbons (Fsp3) is 0.500. The topological polar surface area (TPSA) is 37.3 Å². The molecule has 0 saturated heterocycles. The fourth-order valence-electron chi connectivity index (χ4n) is 1.60. The van der Waals surface area contributed by atoms with Crippen LogP contribution < -0.4 is 0 Å². The van der Waals surface area contributed by atoms with Gasteiger partial charge < -0.3 is 5.11 Å². The summed E-state index contributed by atoms with van der Waals surface area (Å²) in [5.41, 5.74) is 2.10. The maximum atomic E-state index is 10.5. The molecule has 12 heavy (non-hydrogen) atoms. The zero-order valence-corrected chi connectivity index (χ0v) is 7.50. The lowest BCUT2D eigenvalue weighted by molar-refractivity contribution is -0.131. The van der Waals surface area contributed by atoms with Gasteiger partial charge in [0.15, 0.2) is 0 Å². The number of carbonyl (C=O) groups is 1. The van der Waals surface area contributed by atoms with Crippen LogP contribution in [0, 0.1) is 5.92 Å². The Labute approximate surface area is 72.6 Å². The summed E-state index contributed by atoms with van der Waals surface area (Å²) < 4.78 is 0. The summed E-state index contributed by atoms with van der Waals surface area (Å²) in [6.45, 7) is 4.05. The maximum Gasteiger partial charge on any atom is 0.328 e. The molecular formula is C10H14O2. The Bertz CT molecular complexity index is 249. The summed E-state index contributed by atoms with van der Waals surface area (Å²) in [5.74, 6) is -0.447. The molecule has 66 valence electrons. The zero-order chi connectivity index (χ0) is 9.14. The lowest BCUT2D eigenvalue weighted by Crippen LogP contribution is -2.07. The van der Waals surface area contributed by atoms with Crippen LogP contribution in [-0.2, 0) is 4.79 Å². The Hall–Kier alpha value is -1.05. The number of rotatable bonds is 1. The Morgan fingerprint density at radius 3 is 2.92 bits per heavy atom. The van der Waals surface area contributed by atoms with Crippen LogP contribution in [0.4, 0.5) is 0 Å². The first-order valence-electron chi connectivity index (χ1n) is 4.23. The second kappa shape index (κ2) is 3.57. The molecule has 0 spiro atoms. The van der Waals surface area contributed by atoms with Gasteiger partial charge >= 0.3 is 5.97 Å². The summed E-state index contributed by atoms with van der Waals surface area (Å²) in [6, 6.07) is 0. The van der Waals surface area contributed by atoms with Crippen LogP contribution >= 0.6 is 0 Å². The number of aliphatic carboxylic acids is 1. The van der Waals surface area contributed by atoms with E-state index in [4.69, 9.17) is 5.11 Å². The highest BCUT2D eigenvalue weighted by Crippen LogP contribution is 2.28. The summed E-state index contributed by atoms with van der Waals surface area (Å²) in [4.78, 5) is 10.5. The highest BCUT2D eigenvalue weighted by molar-refractivity contribution is 5.81. The lowest BCUT2D eigenvalue weighted by atomic mass is 9.85. The van der Waals surface area contributed by atoms with Gasteiger partial charge in [0.25, 0.3) is 0 Å². The third-order valence-electron chi connectivity index (χ3n) is 2.32. The molecule has 1 unspecified atom stereocenters. The van der Waals surface area contributed by atoms with Crippen molar-refractivity contribution < 1.29 is 9.90 Å². The van der Waals surface area contributed by atoms with Gasteiger partial charge in [-0.15, -0.1) is 0 Å². The normalized spacial score (nSPS) is 27.0. The highest BCUT2D eigenvalue weighted by atomic mass is 16.4. The van der Waals surface area contributed by atoms with E-state index in [1.165, 1.54) is 6.08 Å². The van der Waals surface area contributed by atoms with Crippen molar-refractivity contribution >= 4 is 5.97 Å². The van der Waals surface area contributed by atoms with Gasteiger partial charge in [0.2, 0.25) is 0 Å². The number of hydrogen-bond donors (Lipinski definition) is 1. The molecule has 0 aromatic carbocycles. The molecule has 0 aromatic heterocycles. The fourth-order valence-corrected chi connectivity index (χ4v) is 1.60. The Morgan fingerprint density at radius 2 is 2.42 bits per heavy atom. The van der Waals surface area contributed by atoms with E-state index >= 15 is 0 Å². The molecule has 0 aromatic rings. The zero-order valence-electron chi connectivity index (χ0n) is 7.50. The largest absolute Gasteiger partial charge is 0.478 e. The van der Waals surface area contributed by atoms with Crippen molar-refractivity contribution in [3.63, 3.8) is 0 Å². The van der Waals surface area contributed by atoms with E-state index in [2.05, 4.69) is 13.0 Å². The van der Waals surface area contributed by atoms with Crippen molar-refractivity contribution in [2.24, 2.45) is 5.92 Å². The minimum atomic E-state index is -0.841. The maximum absolute atomic E-state index is 10.5.